The van der Waals surface area contributed by atoms with Crippen LogP contribution in [-0.2, 0) is 0 Å². The molecule has 0 saturated heterocycles. The first-order valence-electron chi connectivity index (χ1n) is 4.87. The van der Waals surface area contributed by atoms with Gasteiger partial charge in [0.2, 0.25) is 0 Å². The van der Waals surface area contributed by atoms with Gasteiger partial charge in [0, 0.05) is 17.0 Å². The zero-order valence-electron chi connectivity index (χ0n) is 8.93. The van der Waals surface area contributed by atoms with Crippen molar-refractivity contribution in [1.82, 2.24) is 0 Å². The van der Waals surface area contributed by atoms with Gasteiger partial charge in [-0.2, -0.15) is 0 Å². The van der Waals surface area contributed by atoms with Crippen molar-refractivity contribution in [3.05, 3.63) is 34.5 Å². The van der Waals surface area contributed by atoms with Gasteiger partial charge in [-0.25, -0.2) is 8.78 Å². The van der Waals surface area contributed by atoms with Gasteiger partial charge >= 0.3 is 0 Å². The maximum absolute atomic E-state index is 13.5. The van der Waals surface area contributed by atoms with E-state index in [4.69, 9.17) is 5.73 Å². The van der Waals surface area contributed by atoms with Gasteiger partial charge in [-0.1, -0.05) is 6.07 Å². The number of benzene rings is 1. The van der Waals surface area contributed by atoms with Crippen molar-refractivity contribution < 1.29 is 8.78 Å². The third-order valence-electron chi connectivity index (χ3n) is 2.08. The van der Waals surface area contributed by atoms with E-state index in [2.05, 4.69) is 17.9 Å². The van der Waals surface area contributed by atoms with Crippen molar-refractivity contribution in [3.8, 4) is 0 Å². The highest BCUT2D eigenvalue weighted by Crippen LogP contribution is 2.21. The minimum atomic E-state index is -0.758. The van der Waals surface area contributed by atoms with E-state index < -0.39 is 12.5 Å². The molecule has 0 aliphatic rings. The van der Waals surface area contributed by atoms with E-state index in [1.54, 1.807) is 12.1 Å². The van der Waals surface area contributed by atoms with E-state index in [1.165, 1.54) is 6.07 Å². The molecule has 0 radical (unpaired) electrons. The predicted octanol–water partition coefficient (Wildman–Crippen LogP) is 2.78. The average molecular weight is 244 g/mol. The Morgan fingerprint density at radius 1 is 1.50 bits per heavy atom. The van der Waals surface area contributed by atoms with Gasteiger partial charge in [-0.15, -0.1) is 12.6 Å². The smallest absolute Gasteiger partial charge is 0.146 e. The number of anilines is 1. The van der Waals surface area contributed by atoms with Crippen LogP contribution in [0.3, 0.4) is 0 Å². The molecule has 0 fully saturated rings. The summed E-state index contributed by atoms with van der Waals surface area (Å²) in [4.78, 5) is 0.107. The van der Waals surface area contributed by atoms with Gasteiger partial charge in [0.25, 0.3) is 0 Å². The number of nitrogens with one attached hydrogen (secondary N) is 1. The summed E-state index contributed by atoms with van der Waals surface area (Å²) in [5, 5.41) is 2.86. The molecule has 0 atom stereocenters. The molecule has 16 heavy (non-hydrogen) atoms. The van der Waals surface area contributed by atoms with Crippen LogP contribution < -0.4 is 11.1 Å². The van der Waals surface area contributed by atoms with E-state index in [9.17, 15) is 8.78 Å². The van der Waals surface area contributed by atoms with E-state index >= 15 is 0 Å². The largest absolute Gasteiger partial charge is 0.398 e. The van der Waals surface area contributed by atoms with Crippen LogP contribution in [0.1, 0.15) is 12.5 Å². The van der Waals surface area contributed by atoms with Crippen molar-refractivity contribution in [2.45, 2.75) is 6.92 Å². The summed E-state index contributed by atoms with van der Waals surface area (Å²) in [7, 11) is 0. The number of alkyl halides is 1. The SMILES string of the molecule is CCNc1ccc(/C(N)=C(/S)CF)cc1F. The Labute approximate surface area is 98.9 Å². The summed E-state index contributed by atoms with van der Waals surface area (Å²) >= 11 is 3.88. The number of thiol groups is 1. The number of hydrogen-bond donors (Lipinski definition) is 3. The van der Waals surface area contributed by atoms with Crippen LogP contribution in [-0.4, -0.2) is 13.2 Å². The van der Waals surface area contributed by atoms with Gasteiger partial charge in [-0.3, -0.25) is 0 Å². The summed E-state index contributed by atoms with van der Waals surface area (Å²) in [6, 6.07) is 4.46. The fourth-order valence-electron chi connectivity index (χ4n) is 1.26. The molecule has 0 amide bonds. The van der Waals surface area contributed by atoms with Crippen molar-refractivity contribution in [2.75, 3.05) is 18.5 Å². The summed E-state index contributed by atoms with van der Waals surface area (Å²) < 4.78 is 25.8. The monoisotopic (exact) mass is 244 g/mol. The van der Waals surface area contributed by atoms with Crippen molar-refractivity contribution in [3.63, 3.8) is 0 Å². The molecule has 0 bridgehead atoms. The highest BCUT2D eigenvalue weighted by molar-refractivity contribution is 7.84. The molecule has 1 rings (SSSR count). The van der Waals surface area contributed by atoms with Crippen LogP contribution in [0.5, 0.6) is 0 Å². The maximum atomic E-state index is 13.5. The molecule has 0 aliphatic heterocycles. The summed E-state index contributed by atoms with van der Waals surface area (Å²) in [5.41, 5.74) is 6.61. The normalized spacial score (nSPS) is 12.2. The van der Waals surface area contributed by atoms with Crippen LogP contribution >= 0.6 is 12.6 Å². The van der Waals surface area contributed by atoms with Crippen molar-refractivity contribution in [2.24, 2.45) is 5.73 Å². The van der Waals surface area contributed by atoms with Crippen LogP contribution in [0.15, 0.2) is 23.1 Å². The van der Waals surface area contributed by atoms with Crippen molar-refractivity contribution >= 4 is 24.0 Å². The fourth-order valence-corrected chi connectivity index (χ4v) is 1.38. The van der Waals surface area contributed by atoms with E-state index in [0.717, 1.165) is 0 Å². The second-order valence-electron chi connectivity index (χ2n) is 3.22. The molecular formula is C11H14F2N2S. The number of allylic oxidation sites excluding steroid dienone is 1. The Balaban J connectivity index is 3.06. The molecule has 0 aromatic heterocycles. The molecule has 2 nitrogen and oxygen atoms in total. The van der Waals surface area contributed by atoms with Gasteiger partial charge in [0.1, 0.15) is 12.5 Å². The predicted molar refractivity (Wildman–Crippen MR) is 66.6 cm³/mol. The molecule has 88 valence electrons. The molecule has 3 N–H and O–H groups in total. The molecular weight excluding hydrogens is 230 g/mol. The first-order valence-corrected chi connectivity index (χ1v) is 5.32. The Kier molecular flexibility index (Phi) is 4.61. The highest BCUT2D eigenvalue weighted by atomic mass is 32.1. The lowest BCUT2D eigenvalue weighted by Crippen LogP contribution is -2.03. The van der Waals surface area contributed by atoms with Gasteiger partial charge in [0.15, 0.2) is 0 Å². The number of nitrogens with two attached hydrogens (primary N) is 1. The number of halogens is 2. The number of hydrogen-bond acceptors (Lipinski definition) is 3. The lowest BCUT2D eigenvalue weighted by Gasteiger charge is -2.08. The van der Waals surface area contributed by atoms with Crippen LogP contribution in [0.4, 0.5) is 14.5 Å². The van der Waals surface area contributed by atoms with E-state index in [0.29, 0.717) is 17.8 Å². The van der Waals surface area contributed by atoms with E-state index in [-0.39, 0.29) is 10.6 Å². The average Bonchev–Trinajstić information content (AvgIpc) is 2.30. The Bertz CT molecular complexity index is 405. The molecule has 0 spiro atoms. The first-order chi connectivity index (χ1) is 7.60. The van der Waals surface area contributed by atoms with Crippen LogP contribution in [0.25, 0.3) is 5.70 Å². The van der Waals surface area contributed by atoms with Gasteiger partial charge in [0.05, 0.1) is 11.4 Å². The minimum absolute atomic E-state index is 0.107. The molecule has 0 heterocycles. The quantitative estimate of drug-likeness (QED) is 0.712. The number of rotatable bonds is 4. The topological polar surface area (TPSA) is 38.0 Å². The maximum Gasteiger partial charge on any atom is 0.146 e. The van der Waals surface area contributed by atoms with Gasteiger partial charge < -0.3 is 11.1 Å². The highest BCUT2D eigenvalue weighted by Gasteiger charge is 2.06. The minimum Gasteiger partial charge on any atom is -0.398 e. The standard InChI is InChI=1S/C11H14F2N2S/c1-2-15-9-4-3-7(5-8(9)13)11(14)10(16)6-12/h3-5,15-16H,2,6,14H2,1H3/b11-10-. The lowest BCUT2D eigenvalue weighted by molar-refractivity contribution is 0.557. The second kappa shape index (κ2) is 5.75. The van der Waals surface area contributed by atoms with Crippen LogP contribution in [0.2, 0.25) is 0 Å². The zero-order valence-corrected chi connectivity index (χ0v) is 9.82. The van der Waals surface area contributed by atoms with Crippen LogP contribution in [0, 0.1) is 5.82 Å². The fraction of sp³-hybridized carbons (Fsp3) is 0.273. The summed E-state index contributed by atoms with van der Waals surface area (Å²) in [5.74, 6) is -0.415. The van der Waals surface area contributed by atoms with Gasteiger partial charge in [-0.05, 0) is 19.1 Å². The Hall–Kier alpha value is -1.23. The molecule has 0 aliphatic carbocycles. The summed E-state index contributed by atoms with van der Waals surface area (Å²) in [6.45, 7) is 1.74. The second-order valence-corrected chi connectivity index (χ2v) is 3.76. The Morgan fingerprint density at radius 2 is 2.19 bits per heavy atom. The lowest BCUT2D eigenvalue weighted by atomic mass is 10.1. The molecule has 5 heteroatoms. The molecule has 1 aromatic rings. The molecule has 0 saturated carbocycles. The molecule has 0 unspecified atom stereocenters. The third-order valence-corrected chi connectivity index (χ3v) is 2.45. The Morgan fingerprint density at radius 3 is 2.69 bits per heavy atom. The van der Waals surface area contributed by atoms with E-state index in [1.807, 2.05) is 6.92 Å². The first kappa shape index (κ1) is 12.8. The zero-order chi connectivity index (χ0) is 12.1. The summed E-state index contributed by atoms with van der Waals surface area (Å²) in [6.07, 6.45) is 0. The third kappa shape index (κ3) is 2.88. The van der Waals surface area contributed by atoms with Crippen molar-refractivity contribution in [1.29, 1.82) is 0 Å². The molecule has 1 aromatic carbocycles.